The summed E-state index contributed by atoms with van der Waals surface area (Å²) in [6.45, 7) is 2.78. The number of aromatic nitrogens is 1. The second kappa shape index (κ2) is 5.76. The second-order valence-electron chi connectivity index (χ2n) is 5.87. The number of amides is 2. The van der Waals surface area contributed by atoms with Crippen molar-refractivity contribution in [1.82, 2.24) is 4.98 Å². The van der Waals surface area contributed by atoms with Gasteiger partial charge in [-0.05, 0) is 13.8 Å². The third kappa shape index (κ3) is 2.44. The Hall–Kier alpha value is -4.02. The number of nitrogen functional groups attached to an aromatic ring is 1. The van der Waals surface area contributed by atoms with Crippen LogP contribution in [0.2, 0.25) is 0 Å². The lowest BCUT2D eigenvalue weighted by atomic mass is 9.99. The van der Waals surface area contributed by atoms with Gasteiger partial charge in [0.15, 0.2) is 11.3 Å². The Morgan fingerprint density at radius 2 is 1.81 bits per heavy atom. The minimum Gasteiger partial charge on any atom is -0.452 e. The number of nitro groups is 1. The Morgan fingerprint density at radius 3 is 2.33 bits per heavy atom. The number of carbonyl (C=O) groups excluding carboxylic acids is 2. The van der Waals surface area contributed by atoms with E-state index in [0.29, 0.717) is 0 Å². The molecule has 3 rings (SSSR count). The molecule has 138 valence electrons. The van der Waals surface area contributed by atoms with Crippen molar-refractivity contribution >= 4 is 34.3 Å². The third-order valence-corrected chi connectivity index (χ3v) is 4.26. The first-order valence-electron chi connectivity index (χ1n) is 7.50. The molecule has 2 aliphatic rings. The molecule has 6 N–H and O–H groups in total. The molecular formula is C16H13N5O6. The van der Waals surface area contributed by atoms with Crippen LogP contribution in [0, 0.1) is 24.0 Å². The van der Waals surface area contributed by atoms with Gasteiger partial charge in [0, 0.05) is 11.6 Å². The average molecular weight is 371 g/mol. The highest BCUT2D eigenvalue weighted by atomic mass is 16.6. The zero-order valence-corrected chi connectivity index (χ0v) is 14.2. The van der Waals surface area contributed by atoms with E-state index in [1.807, 2.05) is 0 Å². The first-order chi connectivity index (χ1) is 12.6. The van der Waals surface area contributed by atoms with Crippen molar-refractivity contribution in [2.45, 2.75) is 13.8 Å². The number of aryl methyl sites for hydroxylation is 1. The summed E-state index contributed by atoms with van der Waals surface area (Å²) in [5, 5.41) is 11.3. The molecule has 1 aromatic rings. The van der Waals surface area contributed by atoms with Crippen LogP contribution in [0.15, 0.2) is 15.3 Å². The largest absolute Gasteiger partial charge is 0.452 e. The zero-order chi connectivity index (χ0) is 20.2. The van der Waals surface area contributed by atoms with E-state index in [1.165, 1.54) is 13.8 Å². The molecule has 1 aliphatic heterocycles. The summed E-state index contributed by atoms with van der Waals surface area (Å²) in [4.78, 5) is 50.7. The van der Waals surface area contributed by atoms with Crippen LogP contribution >= 0.6 is 0 Å². The number of benzene rings is 2. The van der Waals surface area contributed by atoms with Crippen molar-refractivity contribution in [1.29, 1.82) is 0 Å². The maximum Gasteiger partial charge on any atom is 0.276 e. The number of nitrogens with two attached hydrogens (primary N) is 3. The minimum absolute atomic E-state index is 0.0356. The van der Waals surface area contributed by atoms with E-state index in [0.717, 1.165) is 6.07 Å². The fourth-order valence-electron chi connectivity index (χ4n) is 2.88. The molecule has 0 aromatic heterocycles. The number of rotatable bonds is 3. The third-order valence-electron chi connectivity index (χ3n) is 4.26. The van der Waals surface area contributed by atoms with Gasteiger partial charge in [0.1, 0.15) is 11.2 Å². The Kier molecular flexibility index (Phi) is 3.80. The predicted molar refractivity (Wildman–Crippen MR) is 94.5 cm³/mol. The van der Waals surface area contributed by atoms with Crippen LogP contribution in [-0.4, -0.2) is 21.7 Å². The number of primary amides is 2. The van der Waals surface area contributed by atoms with Gasteiger partial charge >= 0.3 is 0 Å². The number of nitro benzene ring substituents is 1. The summed E-state index contributed by atoms with van der Waals surface area (Å²) in [5.74, 6) is -2.12. The Morgan fingerprint density at radius 1 is 1.19 bits per heavy atom. The number of hydrogen-bond donors (Lipinski definition) is 3. The monoisotopic (exact) mass is 371 g/mol. The van der Waals surface area contributed by atoms with E-state index in [9.17, 15) is 24.5 Å². The van der Waals surface area contributed by atoms with Gasteiger partial charge in [-0.15, -0.1) is 0 Å². The van der Waals surface area contributed by atoms with Crippen molar-refractivity contribution in [2.75, 3.05) is 5.73 Å². The fourth-order valence-corrected chi connectivity index (χ4v) is 2.88. The van der Waals surface area contributed by atoms with E-state index in [4.69, 9.17) is 21.6 Å². The predicted octanol–water partition coefficient (Wildman–Crippen LogP) is 0.598. The lowest BCUT2D eigenvalue weighted by Gasteiger charge is -2.15. The maximum atomic E-state index is 12.3. The number of nitrogens with zero attached hydrogens (tertiary/aromatic N) is 2. The van der Waals surface area contributed by atoms with Gasteiger partial charge in [0.2, 0.25) is 5.43 Å². The van der Waals surface area contributed by atoms with Crippen LogP contribution in [0.25, 0.3) is 22.6 Å². The summed E-state index contributed by atoms with van der Waals surface area (Å²) in [5.41, 5.74) is 13.9. The molecule has 11 heteroatoms. The van der Waals surface area contributed by atoms with Crippen LogP contribution in [0.3, 0.4) is 0 Å². The van der Waals surface area contributed by atoms with Gasteiger partial charge in [-0.1, -0.05) is 0 Å². The summed E-state index contributed by atoms with van der Waals surface area (Å²) in [6, 6.07) is 0.969. The lowest BCUT2D eigenvalue weighted by Crippen LogP contribution is -2.24. The molecule has 27 heavy (non-hydrogen) atoms. The van der Waals surface area contributed by atoms with Crippen LogP contribution in [0.1, 0.15) is 31.8 Å². The molecule has 2 amide bonds. The number of anilines is 1. The lowest BCUT2D eigenvalue weighted by molar-refractivity contribution is -0.385. The van der Waals surface area contributed by atoms with Gasteiger partial charge in [-0.3, -0.25) is 24.5 Å². The van der Waals surface area contributed by atoms with E-state index in [2.05, 4.69) is 4.98 Å². The highest BCUT2D eigenvalue weighted by Gasteiger charge is 2.29. The highest BCUT2D eigenvalue weighted by molar-refractivity contribution is 6.08. The molecule has 0 unspecified atom stereocenters. The first-order valence-corrected chi connectivity index (χ1v) is 7.50. The molecule has 0 bridgehead atoms. The second-order valence-corrected chi connectivity index (χ2v) is 5.87. The molecule has 0 saturated carbocycles. The number of carbonyl (C=O) groups is 2. The van der Waals surface area contributed by atoms with Crippen LogP contribution in [-0.2, 0) is 0 Å². The summed E-state index contributed by atoms with van der Waals surface area (Å²) in [7, 11) is 0. The molecule has 0 atom stereocenters. The van der Waals surface area contributed by atoms with Crippen molar-refractivity contribution in [3.63, 3.8) is 0 Å². The van der Waals surface area contributed by atoms with Crippen molar-refractivity contribution < 1.29 is 18.9 Å². The molecule has 0 fully saturated rings. The van der Waals surface area contributed by atoms with Gasteiger partial charge in [-0.25, -0.2) is 4.98 Å². The fraction of sp³-hybridized carbons (Fsp3) is 0.125. The van der Waals surface area contributed by atoms with E-state index >= 15 is 0 Å². The van der Waals surface area contributed by atoms with Gasteiger partial charge in [0.25, 0.3) is 17.5 Å². The van der Waals surface area contributed by atoms with E-state index in [-0.39, 0.29) is 44.8 Å². The number of fused-ring (bicyclic) bond motifs is 2. The SMILES string of the molecule is Cc1c2oc3c(C)c([N+](=O)[O-])cc(C(N)=O)c3nc-2c(C(N)=O)c(N)c1=O. The Balaban J connectivity index is 2.67. The maximum absolute atomic E-state index is 12.3. The van der Waals surface area contributed by atoms with Gasteiger partial charge in [-0.2, -0.15) is 0 Å². The quantitative estimate of drug-likeness (QED) is 0.257. The van der Waals surface area contributed by atoms with Crippen molar-refractivity contribution in [3.05, 3.63) is 48.7 Å². The molecule has 1 aromatic carbocycles. The van der Waals surface area contributed by atoms with E-state index < -0.39 is 33.5 Å². The molecule has 11 nitrogen and oxygen atoms in total. The number of hydrogen-bond acceptors (Lipinski definition) is 8. The summed E-state index contributed by atoms with van der Waals surface area (Å²) < 4.78 is 5.68. The summed E-state index contributed by atoms with van der Waals surface area (Å²) >= 11 is 0. The average Bonchev–Trinajstić information content (AvgIpc) is 2.58. The topological polar surface area (TPSA) is 198 Å². The van der Waals surface area contributed by atoms with Crippen LogP contribution in [0.5, 0.6) is 0 Å². The van der Waals surface area contributed by atoms with Gasteiger partial charge < -0.3 is 21.6 Å². The van der Waals surface area contributed by atoms with Crippen LogP contribution < -0.4 is 22.6 Å². The summed E-state index contributed by atoms with van der Waals surface area (Å²) in [6.07, 6.45) is 0. The smallest absolute Gasteiger partial charge is 0.276 e. The Labute approximate surface area is 150 Å². The first kappa shape index (κ1) is 17.8. The molecular weight excluding hydrogens is 358 g/mol. The van der Waals surface area contributed by atoms with E-state index in [1.54, 1.807) is 0 Å². The molecule has 0 radical (unpaired) electrons. The zero-order valence-electron chi connectivity index (χ0n) is 14.2. The van der Waals surface area contributed by atoms with Crippen molar-refractivity contribution in [3.8, 4) is 11.5 Å². The van der Waals surface area contributed by atoms with Crippen LogP contribution in [0.4, 0.5) is 11.4 Å². The van der Waals surface area contributed by atoms with Gasteiger partial charge in [0.05, 0.1) is 27.3 Å². The highest BCUT2D eigenvalue weighted by Crippen LogP contribution is 2.36. The molecule has 0 spiro atoms. The minimum atomic E-state index is -1.02. The van der Waals surface area contributed by atoms with Crippen molar-refractivity contribution in [2.24, 2.45) is 11.5 Å². The normalized spacial score (nSPS) is 11.0. The molecule has 0 saturated heterocycles. The molecule has 1 heterocycles. The molecule has 1 aliphatic carbocycles. The standard InChI is InChI=1S/C16H13N5O6/c1-4-7(21(25)26)3-6(15(18)23)10-13(4)27-14-5(2)12(22)9(17)8(16(19)24)11(14)20-10/h3H,17H2,1-2H3,(H2,18,23)(H2,19,24). The Bertz CT molecular complexity index is 1210.